The maximum Gasteiger partial charge on any atom is 0.222 e. The lowest BCUT2D eigenvalue weighted by molar-refractivity contribution is 0.201. The van der Waals surface area contributed by atoms with Crippen molar-refractivity contribution in [2.24, 2.45) is 11.8 Å². The topological polar surface area (TPSA) is 97.0 Å². The summed E-state index contributed by atoms with van der Waals surface area (Å²) in [6.07, 6.45) is 1.94. The van der Waals surface area contributed by atoms with Gasteiger partial charge in [-0.25, -0.2) is 9.97 Å². The summed E-state index contributed by atoms with van der Waals surface area (Å²) in [5, 5.41) is 14.0. The van der Waals surface area contributed by atoms with Gasteiger partial charge < -0.3 is 16.2 Å². The molecule has 1 aromatic carbocycles. The van der Waals surface area contributed by atoms with Crippen LogP contribution >= 0.6 is 11.3 Å². The third kappa shape index (κ3) is 3.12. The third-order valence-corrected chi connectivity index (χ3v) is 6.29. The summed E-state index contributed by atoms with van der Waals surface area (Å²) in [6, 6.07) is 8.36. The van der Waals surface area contributed by atoms with Gasteiger partial charge in [0.25, 0.3) is 0 Å². The first-order valence-electron chi connectivity index (χ1n) is 8.92. The molecule has 6 nitrogen and oxygen atoms in total. The van der Waals surface area contributed by atoms with E-state index in [4.69, 9.17) is 10.7 Å². The Morgan fingerprint density at radius 1 is 1.23 bits per heavy atom. The van der Waals surface area contributed by atoms with Crippen LogP contribution in [0.25, 0.3) is 20.8 Å². The molecule has 4 rings (SSSR count). The standard InChI is InChI=1S/C19H23N5OS/c1-10-7-13(8-12(10)9-25)22-17-16(11(2)21-19(20)24-17)18-23-14-5-3-4-6-15(14)26-18/h3-6,10,12-13,25H,7-9H2,1-2H3,(H3,20,21,22,24)/t10-,12+,13-/m0/s1. The number of rotatable bonds is 4. The van der Waals surface area contributed by atoms with Crippen molar-refractivity contribution in [3.63, 3.8) is 0 Å². The lowest BCUT2D eigenvalue weighted by Gasteiger charge is -2.17. The highest BCUT2D eigenvalue weighted by Gasteiger charge is 2.31. The molecule has 3 atom stereocenters. The number of benzene rings is 1. The summed E-state index contributed by atoms with van der Waals surface area (Å²) < 4.78 is 1.14. The van der Waals surface area contributed by atoms with Crippen LogP contribution in [0.5, 0.6) is 0 Å². The van der Waals surface area contributed by atoms with E-state index in [1.807, 2.05) is 25.1 Å². The van der Waals surface area contributed by atoms with Crippen LogP contribution < -0.4 is 11.1 Å². The molecule has 4 N–H and O–H groups in total. The molecule has 2 aromatic heterocycles. The fourth-order valence-corrected chi connectivity index (χ4v) is 4.90. The van der Waals surface area contributed by atoms with E-state index in [0.29, 0.717) is 11.8 Å². The summed E-state index contributed by atoms with van der Waals surface area (Å²) in [5.74, 6) is 1.83. The molecule has 1 aliphatic carbocycles. The zero-order valence-electron chi connectivity index (χ0n) is 14.9. The molecule has 7 heteroatoms. The normalized spacial score (nSPS) is 22.8. The van der Waals surface area contributed by atoms with Gasteiger partial charge in [0.2, 0.25) is 5.95 Å². The largest absolute Gasteiger partial charge is 0.396 e. The van der Waals surface area contributed by atoms with Crippen LogP contribution in [0.2, 0.25) is 0 Å². The van der Waals surface area contributed by atoms with Crippen LogP contribution in [0.1, 0.15) is 25.5 Å². The Hall–Kier alpha value is -2.25. The Labute approximate surface area is 156 Å². The predicted octanol–water partition coefficient (Wildman–Crippen LogP) is 3.46. The van der Waals surface area contributed by atoms with Crippen LogP contribution in [0.3, 0.4) is 0 Å². The molecular formula is C19H23N5OS. The number of hydrogen-bond acceptors (Lipinski definition) is 7. The van der Waals surface area contributed by atoms with Crippen LogP contribution in [-0.2, 0) is 0 Å². The molecule has 0 aliphatic heterocycles. The maximum atomic E-state index is 9.54. The minimum Gasteiger partial charge on any atom is -0.396 e. The first kappa shape index (κ1) is 17.2. The van der Waals surface area contributed by atoms with Crippen molar-refractivity contribution in [1.82, 2.24) is 15.0 Å². The van der Waals surface area contributed by atoms with Crippen molar-refractivity contribution < 1.29 is 5.11 Å². The van der Waals surface area contributed by atoms with Gasteiger partial charge in [0.15, 0.2) is 0 Å². The number of aliphatic hydroxyl groups excluding tert-OH is 1. The number of nitrogens with one attached hydrogen (secondary N) is 1. The van der Waals surface area contributed by atoms with Gasteiger partial charge >= 0.3 is 0 Å². The van der Waals surface area contributed by atoms with Gasteiger partial charge in [-0.1, -0.05) is 19.1 Å². The number of aliphatic hydroxyl groups is 1. The minimum absolute atomic E-state index is 0.231. The Morgan fingerprint density at radius 3 is 2.77 bits per heavy atom. The molecule has 0 bridgehead atoms. The van der Waals surface area contributed by atoms with Crippen LogP contribution in [0.4, 0.5) is 11.8 Å². The maximum absolute atomic E-state index is 9.54. The quantitative estimate of drug-likeness (QED) is 0.652. The number of anilines is 2. The van der Waals surface area contributed by atoms with Gasteiger partial charge in [0.1, 0.15) is 10.8 Å². The van der Waals surface area contributed by atoms with Gasteiger partial charge in [-0.05, 0) is 43.7 Å². The average molecular weight is 369 g/mol. The van der Waals surface area contributed by atoms with Crippen molar-refractivity contribution in [3.8, 4) is 10.6 Å². The highest BCUT2D eigenvalue weighted by atomic mass is 32.1. The van der Waals surface area contributed by atoms with Gasteiger partial charge in [-0.15, -0.1) is 11.3 Å². The van der Waals surface area contributed by atoms with Crippen molar-refractivity contribution in [1.29, 1.82) is 0 Å². The van der Waals surface area contributed by atoms with E-state index in [9.17, 15) is 5.11 Å². The second kappa shape index (κ2) is 6.81. The number of fused-ring (bicyclic) bond motifs is 1. The summed E-state index contributed by atoms with van der Waals surface area (Å²) in [5.41, 5.74) is 8.63. The molecule has 1 aliphatic rings. The average Bonchev–Trinajstić information content (AvgIpc) is 3.17. The Balaban J connectivity index is 1.73. The van der Waals surface area contributed by atoms with Crippen molar-refractivity contribution in [2.45, 2.75) is 32.7 Å². The minimum atomic E-state index is 0.231. The first-order chi connectivity index (χ1) is 12.5. The van der Waals surface area contributed by atoms with E-state index in [2.05, 4.69) is 28.3 Å². The highest BCUT2D eigenvalue weighted by Crippen LogP contribution is 2.38. The fourth-order valence-electron chi connectivity index (χ4n) is 3.84. The number of para-hydroxylation sites is 1. The lowest BCUT2D eigenvalue weighted by atomic mass is 10.00. The van der Waals surface area contributed by atoms with Gasteiger partial charge in [0, 0.05) is 12.6 Å². The SMILES string of the molecule is Cc1nc(N)nc(N[C@@H]2C[C@H](CO)[C@@H](C)C2)c1-c1nc2ccccc2s1. The number of aryl methyl sites for hydroxylation is 1. The second-order valence-electron chi connectivity index (χ2n) is 7.11. The molecule has 3 aromatic rings. The smallest absolute Gasteiger partial charge is 0.222 e. The molecule has 1 saturated carbocycles. The fraction of sp³-hybridized carbons (Fsp3) is 0.421. The molecule has 0 saturated heterocycles. The molecule has 26 heavy (non-hydrogen) atoms. The van der Waals surface area contributed by atoms with E-state index < -0.39 is 0 Å². The van der Waals surface area contributed by atoms with Crippen molar-refractivity contribution >= 4 is 33.3 Å². The Kier molecular flexibility index (Phi) is 4.50. The van der Waals surface area contributed by atoms with Gasteiger partial charge in [-0.2, -0.15) is 4.98 Å². The summed E-state index contributed by atoms with van der Waals surface area (Å²) in [7, 11) is 0. The van der Waals surface area contributed by atoms with E-state index in [1.54, 1.807) is 11.3 Å². The number of thiazole rings is 1. The first-order valence-corrected chi connectivity index (χ1v) is 9.74. The number of hydrogen-bond donors (Lipinski definition) is 3. The Morgan fingerprint density at radius 2 is 2.04 bits per heavy atom. The number of nitrogen functional groups attached to an aromatic ring is 1. The molecule has 1 fully saturated rings. The number of nitrogens with zero attached hydrogens (tertiary/aromatic N) is 3. The Bertz CT molecular complexity index is 908. The third-order valence-electron chi connectivity index (χ3n) is 5.24. The number of nitrogens with two attached hydrogens (primary N) is 1. The zero-order valence-corrected chi connectivity index (χ0v) is 15.8. The molecule has 0 amide bonds. The van der Waals surface area contributed by atoms with E-state index in [0.717, 1.165) is 45.1 Å². The zero-order chi connectivity index (χ0) is 18.3. The number of aromatic nitrogens is 3. The molecular weight excluding hydrogens is 346 g/mol. The van der Waals surface area contributed by atoms with Gasteiger partial charge in [0.05, 0.1) is 21.5 Å². The second-order valence-corrected chi connectivity index (χ2v) is 8.14. The highest BCUT2D eigenvalue weighted by molar-refractivity contribution is 7.21. The summed E-state index contributed by atoms with van der Waals surface area (Å²) in [6.45, 7) is 4.37. The monoisotopic (exact) mass is 369 g/mol. The predicted molar refractivity (Wildman–Crippen MR) is 106 cm³/mol. The van der Waals surface area contributed by atoms with E-state index in [-0.39, 0.29) is 18.6 Å². The molecule has 2 heterocycles. The van der Waals surface area contributed by atoms with E-state index in [1.165, 1.54) is 0 Å². The van der Waals surface area contributed by atoms with Gasteiger partial charge in [-0.3, -0.25) is 0 Å². The summed E-state index contributed by atoms with van der Waals surface area (Å²) >= 11 is 1.64. The molecule has 0 spiro atoms. The van der Waals surface area contributed by atoms with Crippen LogP contribution in [0, 0.1) is 18.8 Å². The molecule has 0 unspecified atom stereocenters. The summed E-state index contributed by atoms with van der Waals surface area (Å²) in [4.78, 5) is 13.6. The van der Waals surface area contributed by atoms with E-state index >= 15 is 0 Å². The van der Waals surface area contributed by atoms with Crippen LogP contribution in [-0.4, -0.2) is 32.7 Å². The van der Waals surface area contributed by atoms with Crippen molar-refractivity contribution in [3.05, 3.63) is 30.0 Å². The molecule has 0 radical (unpaired) electrons. The van der Waals surface area contributed by atoms with Crippen LogP contribution in [0.15, 0.2) is 24.3 Å². The molecule has 136 valence electrons. The van der Waals surface area contributed by atoms with Crippen molar-refractivity contribution in [2.75, 3.05) is 17.7 Å². The lowest BCUT2D eigenvalue weighted by Crippen LogP contribution is -2.19.